The summed E-state index contributed by atoms with van der Waals surface area (Å²) in [5.41, 5.74) is 3.74. The van der Waals surface area contributed by atoms with E-state index in [1.807, 2.05) is 0 Å². The lowest BCUT2D eigenvalue weighted by molar-refractivity contribution is -0.136. The van der Waals surface area contributed by atoms with Crippen LogP contribution in [-0.2, 0) is 29.1 Å². The van der Waals surface area contributed by atoms with Crippen LogP contribution in [0.15, 0.2) is 24.4 Å². The molecular formula is C22H19ClN8O4. The maximum absolute atomic E-state index is 13.0. The lowest BCUT2D eigenvalue weighted by atomic mass is 10.0. The third-order valence-corrected chi connectivity index (χ3v) is 6.75. The highest BCUT2D eigenvalue weighted by atomic mass is 35.5. The Morgan fingerprint density at radius 3 is 2.83 bits per heavy atom. The summed E-state index contributed by atoms with van der Waals surface area (Å²) < 4.78 is 1.48. The molecule has 2 aromatic heterocycles. The number of carbonyl (C=O) groups excluding carboxylic acids is 4. The molecule has 0 radical (unpaired) electrons. The van der Waals surface area contributed by atoms with Crippen molar-refractivity contribution in [1.82, 2.24) is 40.1 Å². The largest absolute Gasteiger partial charge is 0.331 e. The lowest BCUT2D eigenvalue weighted by Crippen LogP contribution is -2.52. The quantitative estimate of drug-likeness (QED) is 0.507. The monoisotopic (exact) mass is 494 g/mol. The maximum atomic E-state index is 13.0. The van der Waals surface area contributed by atoms with Gasteiger partial charge in [-0.05, 0) is 41.8 Å². The van der Waals surface area contributed by atoms with Gasteiger partial charge < -0.3 is 14.8 Å². The molecule has 2 N–H and O–H groups in total. The topological polar surface area (TPSA) is 146 Å². The van der Waals surface area contributed by atoms with E-state index in [0.717, 1.165) is 17.0 Å². The molecule has 178 valence electrons. The predicted octanol–water partition coefficient (Wildman–Crippen LogP) is 0.603. The summed E-state index contributed by atoms with van der Waals surface area (Å²) in [5.74, 6) is -1.29. The van der Waals surface area contributed by atoms with Gasteiger partial charge in [-0.25, -0.2) is 9.67 Å². The first kappa shape index (κ1) is 21.5. The number of nitrogens with zero attached hydrogens (tertiary/aromatic N) is 6. The molecule has 4 amide bonds. The van der Waals surface area contributed by atoms with E-state index in [1.165, 1.54) is 9.58 Å². The van der Waals surface area contributed by atoms with E-state index in [0.29, 0.717) is 42.5 Å². The van der Waals surface area contributed by atoms with E-state index >= 15 is 0 Å². The molecular weight excluding hydrogens is 476 g/mol. The second-order valence-electron chi connectivity index (χ2n) is 8.72. The number of carbonyl (C=O) groups is 4. The zero-order valence-electron chi connectivity index (χ0n) is 18.3. The summed E-state index contributed by atoms with van der Waals surface area (Å²) in [4.78, 5) is 59.9. The third-order valence-electron chi connectivity index (χ3n) is 6.57. The van der Waals surface area contributed by atoms with Crippen molar-refractivity contribution in [2.75, 3.05) is 6.54 Å². The van der Waals surface area contributed by atoms with Crippen LogP contribution in [0.1, 0.15) is 50.6 Å². The third kappa shape index (κ3) is 3.66. The molecule has 5 heterocycles. The first-order valence-electron chi connectivity index (χ1n) is 11.1. The molecule has 0 spiro atoms. The molecule has 1 aromatic carbocycles. The van der Waals surface area contributed by atoms with Crippen LogP contribution in [0.25, 0.3) is 5.69 Å². The number of piperidine rings is 1. The van der Waals surface area contributed by atoms with Crippen molar-refractivity contribution >= 4 is 35.2 Å². The van der Waals surface area contributed by atoms with Gasteiger partial charge in [0, 0.05) is 31.5 Å². The van der Waals surface area contributed by atoms with E-state index in [-0.39, 0.29) is 36.4 Å². The van der Waals surface area contributed by atoms with Crippen LogP contribution in [0.5, 0.6) is 0 Å². The Labute approximate surface area is 203 Å². The highest BCUT2D eigenvalue weighted by molar-refractivity contribution is 6.28. The Morgan fingerprint density at radius 1 is 1.14 bits per heavy atom. The highest BCUT2D eigenvalue weighted by Crippen LogP contribution is 2.29. The molecule has 13 heteroatoms. The molecule has 0 bridgehead atoms. The van der Waals surface area contributed by atoms with Gasteiger partial charge in [-0.3, -0.25) is 24.5 Å². The lowest BCUT2D eigenvalue weighted by Gasteiger charge is -2.29. The molecule has 1 atom stereocenters. The van der Waals surface area contributed by atoms with Crippen molar-refractivity contribution < 1.29 is 19.2 Å². The van der Waals surface area contributed by atoms with E-state index in [9.17, 15) is 19.2 Å². The first-order chi connectivity index (χ1) is 16.9. The number of hydrogen-bond acceptors (Lipinski definition) is 7. The van der Waals surface area contributed by atoms with Crippen LogP contribution < -0.4 is 5.32 Å². The zero-order chi connectivity index (χ0) is 24.3. The Morgan fingerprint density at radius 2 is 2.00 bits per heavy atom. The predicted molar refractivity (Wildman–Crippen MR) is 119 cm³/mol. The molecule has 1 saturated heterocycles. The standard InChI is InChI=1S/C22H19ClN8O4/c23-22-24-14-5-6-29(9-15(14)25-22)21(35)16-10-31(28-27-16)12-1-2-13-11(7-12)8-30(20(13)34)17-3-4-18(32)26-19(17)33/h1-2,7,10,17H,3-6,8-9H2,(H,24,25)(H,26,32,33). The first-order valence-corrected chi connectivity index (χ1v) is 11.5. The van der Waals surface area contributed by atoms with Gasteiger partial charge >= 0.3 is 0 Å². The number of benzene rings is 1. The number of amides is 4. The number of nitrogens with one attached hydrogen (secondary N) is 2. The molecule has 3 aromatic rings. The summed E-state index contributed by atoms with van der Waals surface area (Å²) in [5, 5.41) is 10.8. The average molecular weight is 495 g/mol. The van der Waals surface area contributed by atoms with Crippen LogP contribution in [-0.4, -0.2) is 71.0 Å². The Balaban J connectivity index is 1.19. The van der Waals surface area contributed by atoms with Gasteiger partial charge in [-0.2, -0.15) is 0 Å². The van der Waals surface area contributed by atoms with Crippen LogP contribution in [0.4, 0.5) is 0 Å². The summed E-state index contributed by atoms with van der Waals surface area (Å²) in [6, 6.07) is 4.51. The number of rotatable bonds is 3. The minimum Gasteiger partial charge on any atom is -0.331 e. The molecule has 35 heavy (non-hydrogen) atoms. The SMILES string of the molecule is O=C1CCC(N2Cc3cc(-n4cc(C(=O)N5CCc6nc(Cl)[nH]c6C5)nn4)ccc3C2=O)C(=O)N1. The van der Waals surface area contributed by atoms with E-state index in [4.69, 9.17) is 11.6 Å². The Kier molecular flexibility index (Phi) is 4.92. The Hall–Kier alpha value is -4.06. The highest BCUT2D eigenvalue weighted by Gasteiger charge is 2.39. The van der Waals surface area contributed by atoms with E-state index < -0.39 is 11.9 Å². The molecule has 1 fully saturated rings. The zero-order valence-corrected chi connectivity index (χ0v) is 19.1. The van der Waals surface area contributed by atoms with Crippen LogP contribution in [0.2, 0.25) is 5.28 Å². The van der Waals surface area contributed by atoms with Crippen molar-refractivity contribution in [3.05, 3.63) is 57.9 Å². The van der Waals surface area contributed by atoms with Gasteiger partial charge in [0.2, 0.25) is 17.1 Å². The maximum Gasteiger partial charge on any atom is 0.276 e. The van der Waals surface area contributed by atoms with Gasteiger partial charge in [-0.1, -0.05) is 5.21 Å². The van der Waals surface area contributed by atoms with Gasteiger partial charge in [0.25, 0.3) is 11.8 Å². The summed E-state index contributed by atoms with van der Waals surface area (Å²) >= 11 is 5.93. The summed E-state index contributed by atoms with van der Waals surface area (Å²) in [7, 11) is 0. The summed E-state index contributed by atoms with van der Waals surface area (Å²) in [6.45, 7) is 1.10. The molecule has 1 unspecified atom stereocenters. The number of fused-ring (bicyclic) bond motifs is 2. The second kappa shape index (κ2) is 8.01. The fourth-order valence-corrected chi connectivity index (χ4v) is 5.00. The molecule has 0 saturated carbocycles. The van der Waals surface area contributed by atoms with Gasteiger partial charge in [0.1, 0.15) is 6.04 Å². The molecule has 6 rings (SSSR count). The van der Waals surface area contributed by atoms with Gasteiger partial charge in [0.05, 0.1) is 29.8 Å². The molecule has 12 nitrogen and oxygen atoms in total. The summed E-state index contributed by atoms with van der Waals surface area (Å²) in [6.07, 6.45) is 2.65. The fraction of sp³-hybridized carbons (Fsp3) is 0.318. The van der Waals surface area contributed by atoms with Crippen molar-refractivity contribution in [2.45, 2.75) is 38.4 Å². The Bertz CT molecular complexity index is 1410. The van der Waals surface area contributed by atoms with Crippen molar-refractivity contribution in [2.24, 2.45) is 0 Å². The second-order valence-corrected chi connectivity index (χ2v) is 9.08. The average Bonchev–Trinajstić information content (AvgIpc) is 3.55. The van der Waals surface area contributed by atoms with Crippen molar-refractivity contribution in [3.63, 3.8) is 0 Å². The number of aromatic nitrogens is 5. The minimum absolute atomic E-state index is 0.195. The van der Waals surface area contributed by atoms with Gasteiger partial charge in [-0.15, -0.1) is 5.10 Å². The van der Waals surface area contributed by atoms with Crippen molar-refractivity contribution in [3.8, 4) is 5.69 Å². The minimum atomic E-state index is -0.679. The number of imidazole rings is 1. The number of imide groups is 1. The number of halogens is 1. The van der Waals surface area contributed by atoms with Gasteiger partial charge in [0.15, 0.2) is 5.69 Å². The molecule has 3 aliphatic rings. The van der Waals surface area contributed by atoms with E-state index in [1.54, 1.807) is 29.3 Å². The number of aromatic amines is 1. The van der Waals surface area contributed by atoms with Crippen LogP contribution in [0, 0.1) is 0 Å². The molecule has 0 aliphatic carbocycles. The normalized spacial score (nSPS) is 19.6. The van der Waals surface area contributed by atoms with Crippen LogP contribution in [0.3, 0.4) is 0 Å². The van der Waals surface area contributed by atoms with Crippen molar-refractivity contribution in [1.29, 1.82) is 0 Å². The van der Waals surface area contributed by atoms with Crippen LogP contribution >= 0.6 is 11.6 Å². The van der Waals surface area contributed by atoms with E-state index in [2.05, 4.69) is 25.6 Å². The number of hydrogen-bond donors (Lipinski definition) is 2. The fourth-order valence-electron chi connectivity index (χ4n) is 4.79. The number of H-pyrrole nitrogens is 1. The molecule has 3 aliphatic heterocycles. The smallest absolute Gasteiger partial charge is 0.276 e.